The summed E-state index contributed by atoms with van der Waals surface area (Å²) in [7, 11) is 0. The molecule has 3 aromatic rings. The normalized spacial score (nSPS) is 12.1. The van der Waals surface area contributed by atoms with E-state index in [-0.39, 0.29) is 17.5 Å². The summed E-state index contributed by atoms with van der Waals surface area (Å²) < 4.78 is 2.56. The van der Waals surface area contributed by atoms with Gasteiger partial charge in [0.15, 0.2) is 0 Å². The monoisotopic (exact) mass is 455 g/mol. The number of carbonyl (C=O) groups excluding carboxylic acids is 1. The lowest BCUT2D eigenvalue weighted by Gasteiger charge is -2.32. The summed E-state index contributed by atoms with van der Waals surface area (Å²) in [6.07, 6.45) is 1.49. The van der Waals surface area contributed by atoms with E-state index < -0.39 is 0 Å². The zero-order chi connectivity index (χ0) is 21.0. The van der Waals surface area contributed by atoms with Gasteiger partial charge in [-0.05, 0) is 50.1 Å². The number of aromatic nitrogens is 2. The van der Waals surface area contributed by atoms with Crippen LogP contribution in [0.4, 0.5) is 0 Å². The van der Waals surface area contributed by atoms with Crippen molar-refractivity contribution in [2.24, 2.45) is 0 Å². The van der Waals surface area contributed by atoms with Crippen LogP contribution in [0.1, 0.15) is 55.8 Å². The van der Waals surface area contributed by atoms with Gasteiger partial charge in [-0.1, -0.05) is 48.0 Å². The molecule has 0 aliphatic heterocycles. The molecule has 1 atom stereocenters. The Kier molecular flexibility index (Phi) is 6.85. The molecule has 0 saturated heterocycles. The van der Waals surface area contributed by atoms with Crippen LogP contribution in [-0.4, -0.2) is 26.9 Å². The lowest BCUT2D eigenvalue weighted by molar-refractivity contribution is 0.0656. The van der Waals surface area contributed by atoms with E-state index in [4.69, 9.17) is 4.98 Å². The van der Waals surface area contributed by atoms with E-state index in [1.54, 1.807) is 10.6 Å². The topological polar surface area (TPSA) is 55.2 Å². The van der Waals surface area contributed by atoms with Crippen LogP contribution < -0.4 is 5.56 Å². The number of nitrogens with zero attached hydrogens (tertiary/aromatic N) is 3. The Morgan fingerprint density at radius 1 is 1.14 bits per heavy atom. The van der Waals surface area contributed by atoms with Crippen LogP contribution in [0.2, 0.25) is 0 Å². The van der Waals surface area contributed by atoms with Crippen molar-refractivity contribution in [2.75, 3.05) is 6.54 Å². The third kappa shape index (κ3) is 4.27. The number of benzene rings is 2. The van der Waals surface area contributed by atoms with E-state index in [1.165, 1.54) is 0 Å². The molecule has 0 radical (unpaired) electrons. The zero-order valence-corrected chi connectivity index (χ0v) is 18.6. The van der Waals surface area contributed by atoms with Crippen LogP contribution in [0, 0.1) is 0 Å². The van der Waals surface area contributed by atoms with Crippen LogP contribution in [-0.2, 0) is 6.54 Å². The first kappa shape index (κ1) is 21.2. The van der Waals surface area contributed by atoms with Gasteiger partial charge in [-0.15, -0.1) is 0 Å². The fourth-order valence-corrected chi connectivity index (χ4v) is 4.11. The molecule has 152 valence electrons. The van der Waals surface area contributed by atoms with Gasteiger partial charge in [-0.2, -0.15) is 0 Å². The van der Waals surface area contributed by atoms with Crippen LogP contribution >= 0.6 is 15.9 Å². The minimum Gasteiger partial charge on any atom is -0.328 e. The summed E-state index contributed by atoms with van der Waals surface area (Å²) in [5, 5.41) is 0.605. The standard InChI is InChI=1S/C23H26BrN3O2/c1-4-14-27(22(28)16-10-9-11-17(24)15-16)20(5-2)21-25-19-13-8-7-12-18(19)23(29)26(21)6-3/h7-13,15,20H,4-6,14H2,1-3H3. The Balaban J connectivity index is 2.15. The summed E-state index contributed by atoms with van der Waals surface area (Å²) >= 11 is 3.45. The predicted octanol–water partition coefficient (Wildman–Crippen LogP) is 5.18. The maximum Gasteiger partial charge on any atom is 0.261 e. The minimum absolute atomic E-state index is 0.0509. The number of rotatable bonds is 7. The van der Waals surface area contributed by atoms with Crippen molar-refractivity contribution in [3.05, 3.63) is 74.7 Å². The number of fused-ring (bicyclic) bond motifs is 1. The molecule has 0 spiro atoms. The molecule has 2 aromatic carbocycles. The molecule has 6 heteroatoms. The highest BCUT2D eigenvalue weighted by Crippen LogP contribution is 2.26. The molecule has 5 nitrogen and oxygen atoms in total. The average Bonchev–Trinajstić information content (AvgIpc) is 2.73. The third-order valence-corrected chi connectivity index (χ3v) is 5.56. The molecule has 3 rings (SSSR count). The second-order valence-corrected chi connectivity index (χ2v) is 7.89. The third-order valence-electron chi connectivity index (χ3n) is 5.07. The number of para-hydroxylation sites is 1. The highest BCUT2D eigenvalue weighted by Gasteiger charge is 2.28. The molecule has 29 heavy (non-hydrogen) atoms. The van der Waals surface area contributed by atoms with Crippen LogP contribution in [0.3, 0.4) is 0 Å². The van der Waals surface area contributed by atoms with Crippen molar-refractivity contribution in [3.63, 3.8) is 0 Å². The van der Waals surface area contributed by atoms with Gasteiger partial charge in [0.2, 0.25) is 0 Å². The summed E-state index contributed by atoms with van der Waals surface area (Å²) in [4.78, 5) is 33.2. The SMILES string of the molecule is CCCN(C(=O)c1cccc(Br)c1)C(CC)c1nc2ccccc2c(=O)n1CC. The molecule has 0 N–H and O–H groups in total. The van der Waals surface area contributed by atoms with Crippen molar-refractivity contribution in [1.29, 1.82) is 0 Å². The first-order chi connectivity index (χ1) is 14.0. The molecule has 0 bridgehead atoms. The van der Waals surface area contributed by atoms with Crippen molar-refractivity contribution < 1.29 is 4.79 Å². The van der Waals surface area contributed by atoms with Gasteiger partial charge in [0.1, 0.15) is 5.82 Å². The predicted molar refractivity (Wildman–Crippen MR) is 120 cm³/mol. The zero-order valence-electron chi connectivity index (χ0n) is 17.1. The Labute approximate surface area is 179 Å². The number of carbonyl (C=O) groups is 1. The molecular weight excluding hydrogens is 430 g/mol. The molecular formula is C23H26BrN3O2. The molecule has 0 aliphatic carbocycles. The summed E-state index contributed by atoms with van der Waals surface area (Å²) in [5.41, 5.74) is 1.23. The van der Waals surface area contributed by atoms with Crippen LogP contribution in [0.15, 0.2) is 57.8 Å². The van der Waals surface area contributed by atoms with Crippen molar-refractivity contribution >= 4 is 32.7 Å². The van der Waals surface area contributed by atoms with E-state index in [2.05, 4.69) is 22.9 Å². The summed E-state index contributed by atoms with van der Waals surface area (Å²) in [6, 6.07) is 14.5. The Bertz CT molecular complexity index is 1080. The van der Waals surface area contributed by atoms with Crippen LogP contribution in [0.25, 0.3) is 10.9 Å². The van der Waals surface area contributed by atoms with Gasteiger partial charge in [-0.3, -0.25) is 14.2 Å². The van der Waals surface area contributed by atoms with Gasteiger partial charge < -0.3 is 4.90 Å². The number of hydrogen-bond donors (Lipinski definition) is 0. The minimum atomic E-state index is -0.279. The van der Waals surface area contributed by atoms with Crippen LogP contribution in [0.5, 0.6) is 0 Å². The molecule has 1 unspecified atom stereocenters. The Morgan fingerprint density at radius 3 is 2.55 bits per heavy atom. The molecule has 0 aliphatic rings. The lowest BCUT2D eigenvalue weighted by Crippen LogP contribution is -2.39. The second kappa shape index (κ2) is 9.35. The maximum atomic E-state index is 13.4. The Morgan fingerprint density at radius 2 is 1.90 bits per heavy atom. The van der Waals surface area contributed by atoms with Gasteiger partial charge in [-0.25, -0.2) is 4.98 Å². The quantitative estimate of drug-likeness (QED) is 0.492. The fraction of sp³-hybridized carbons (Fsp3) is 0.348. The van der Waals surface area contributed by atoms with E-state index in [1.807, 2.05) is 61.2 Å². The maximum absolute atomic E-state index is 13.4. The van der Waals surface area contributed by atoms with E-state index in [0.29, 0.717) is 41.8 Å². The van der Waals surface area contributed by atoms with Crippen molar-refractivity contribution in [3.8, 4) is 0 Å². The number of halogens is 1. The number of hydrogen-bond acceptors (Lipinski definition) is 3. The second-order valence-electron chi connectivity index (χ2n) is 6.97. The smallest absolute Gasteiger partial charge is 0.261 e. The van der Waals surface area contributed by atoms with E-state index in [9.17, 15) is 9.59 Å². The highest BCUT2D eigenvalue weighted by atomic mass is 79.9. The molecule has 0 saturated carbocycles. The molecule has 0 fully saturated rings. The lowest BCUT2D eigenvalue weighted by atomic mass is 10.1. The van der Waals surface area contributed by atoms with Gasteiger partial charge >= 0.3 is 0 Å². The Hall–Kier alpha value is -2.47. The average molecular weight is 456 g/mol. The van der Waals surface area contributed by atoms with Gasteiger partial charge in [0.05, 0.1) is 16.9 Å². The van der Waals surface area contributed by atoms with Crippen molar-refractivity contribution in [2.45, 2.75) is 46.2 Å². The summed E-state index contributed by atoms with van der Waals surface area (Å²) in [5.74, 6) is 0.598. The van der Waals surface area contributed by atoms with Crippen molar-refractivity contribution in [1.82, 2.24) is 14.5 Å². The van der Waals surface area contributed by atoms with E-state index >= 15 is 0 Å². The largest absolute Gasteiger partial charge is 0.328 e. The first-order valence-electron chi connectivity index (χ1n) is 10.1. The molecule has 1 aromatic heterocycles. The van der Waals surface area contributed by atoms with Gasteiger partial charge in [0.25, 0.3) is 11.5 Å². The van der Waals surface area contributed by atoms with E-state index in [0.717, 1.165) is 10.9 Å². The van der Waals surface area contributed by atoms with Gasteiger partial charge in [0, 0.05) is 23.1 Å². The number of amides is 1. The molecule has 1 heterocycles. The molecule has 1 amide bonds. The highest BCUT2D eigenvalue weighted by molar-refractivity contribution is 9.10. The fourth-order valence-electron chi connectivity index (χ4n) is 3.71. The first-order valence-corrected chi connectivity index (χ1v) is 10.9. The summed E-state index contributed by atoms with van der Waals surface area (Å²) in [6.45, 7) is 7.12.